The third-order valence-electron chi connectivity index (χ3n) is 6.21. The molecule has 3 heterocycles. The van der Waals surface area contributed by atoms with Crippen LogP contribution in [0.25, 0.3) is 4.96 Å². The first-order valence-corrected chi connectivity index (χ1v) is 11.2. The van der Waals surface area contributed by atoms with Crippen molar-refractivity contribution in [3.05, 3.63) is 67.8 Å². The Bertz CT molecular complexity index is 1140. The average Bonchev–Trinajstić information content (AvgIpc) is 3.01. The van der Waals surface area contributed by atoms with Crippen molar-refractivity contribution in [2.75, 3.05) is 19.6 Å². The number of nitrogens with zero attached hydrogens (tertiary/aromatic N) is 3. The molecular weight excluding hydrogens is 401 g/mol. The van der Waals surface area contributed by atoms with Gasteiger partial charge in [-0.2, -0.15) is 0 Å². The molecule has 7 heteroatoms. The van der Waals surface area contributed by atoms with Crippen LogP contribution in [0.4, 0.5) is 4.39 Å². The SMILES string of the molecule is Cc1nc2sc(C)c(C)n2c(=O)c1CCN1CCC(C(=O)c2ccc(F)cc2)CC1. The van der Waals surface area contributed by atoms with Crippen molar-refractivity contribution in [2.45, 2.75) is 40.0 Å². The Hall–Kier alpha value is -2.38. The topological polar surface area (TPSA) is 54.7 Å². The summed E-state index contributed by atoms with van der Waals surface area (Å²) in [5.74, 6) is -0.247. The first-order valence-electron chi connectivity index (χ1n) is 10.4. The molecule has 1 saturated heterocycles. The van der Waals surface area contributed by atoms with Crippen LogP contribution in [0, 0.1) is 32.5 Å². The average molecular weight is 428 g/mol. The van der Waals surface area contributed by atoms with Crippen molar-refractivity contribution in [1.29, 1.82) is 0 Å². The molecule has 1 aliphatic rings. The van der Waals surface area contributed by atoms with Crippen molar-refractivity contribution in [2.24, 2.45) is 5.92 Å². The van der Waals surface area contributed by atoms with Crippen LogP contribution >= 0.6 is 11.3 Å². The molecule has 4 rings (SSSR count). The van der Waals surface area contributed by atoms with Gasteiger partial charge in [0.25, 0.3) is 5.56 Å². The summed E-state index contributed by atoms with van der Waals surface area (Å²) >= 11 is 1.55. The van der Waals surface area contributed by atoms with E-state index >= 15 is 0 Å². The Morgan fingerprint density at radius 1 is 1.17 bits per heavy atom. The van der Waals surface area contributed by atoms with Crippen LogP contribution in [0.2, 0.25) is 0 Å². The molecule has 2 aromatic heterocycles. The van der Waals surface area contributed by atoms with Gasteiger partial charge in [0, 0.05) is 39.9 Å². The Labute approximate surface area is 179 Å². The van der Waals surface area contributed by atoms with Gasteiger partial charge in [0.1, 0.15) is 5.82 Å². The van der Waals surface area contributed by atoms with Crippen molar-refractivity contribution in [1.82, 2.24) is 14.3 Å². The summed E-state index contributed by atoms with van der Waals surface area (Å²) in [5.41, 5.74) is 3.18. The largest absolute Gasteiger partial charge is 0.303 e. The van der Waals surface area contributed by atoms with Crippen LogP contribution in [0.1, 0.15) is 45.0 Å². The van der Waals surface area contributed by atoms with Crippen molar-refractivity contribution in [3.8, 4) is 0 Å². The highest BCUT2D eigenvalue weighted by atomic mass is 32.1. The fraction of sp³-hybridized carbons (Fsp3) is 0.435. The minimum absolute atomic E-state index is 0.0199. The number of aromatic nitrogens is 2. The summed E-state index contributed by atoms with van der Waals surface area (Å²) in [5, 5.41) is 0. The first kappa shape index (κ1) is 20.9. The normalized spacial score (nSPS) is 15.7. The van der Waals surface area contributed by atoms with Crippen LogP contribution in [0.3, 0.4) is 0 Å². The van der Waals surface area contributed by atoms with Crippen LogP contribution < -0.4 is 5.56 Å². The zero-order chi connectivity index (χ0) is 21.4. The molecule has 1 aromatic carbocycles. The smallest absolute Gasteiger partial charge is 0.262 e. The van der Waals surface area contributed by atoms with E-state index in [1.54, 1.807) is 27.9 Å². The summed E-state index contributed by atoms with van der Waals surface area (Å²) in [7, 11) is 0. The molecule has 1 aliphatic heterocycles. The number of benzene rings is 1. The summed E-state index contributed by atoms with van der Waals surface area (Å²) < 4.78 is 14.8. The van der Waals surface area contributed by atoms with Gasteiger partial charge in [0.15, 0.2) is 10.7 Å². The highest BCUT2D eigenvalue weighted by Crippen LogP contribution is 2.23. The summed E-state index contributed by atoms with van der Waals surface area (Å²) in [6.45, 7) is 8.32. The number of Topliss-reactive ketones (excluding diaryl/α,β-unsaturated/α-hetero) is 1. The van der Waals surface area contributed by atoms with Gasteiger partial charge in [-0.15, -0.1) is 11.3 Å². The number of hydrogen-bond donors (Lipinski definition) is 0. The standard InChI is InChI=1S/C23H26FN3O2S/c1-14-20(22(29)27-15(2)16(3)30-23(27)25-14)10-13-26-11-8-18(9-12-26)21(28)17-4-6-19(24)7-5-17/h4-7,18H,8-13H2,1-3H3. The Balaban J connectivity index is 1.39. The highest BCUT2D eigenvalue weighted by molar-refractivity contribution is 7.17. The van der Waals surface area contributed by atoms with E-state index in [1.807, 2.05) is 20.8 Å². The van der Waals surface area contributed by atoms with Gasteiger partial charge in [0.2, 0.25) is 0 Å². The number of fused-ring (bicyclic) bond motifs is 1. The zero-order valence-electron chi connectivity index (χ0n) is 17.6. The van der Waals surface area contributed by atoms with Gasteiger partial charge in [-0.05, 0) is 77.4 Å². The maximum Gasteiger partial charge on any atom is 0.262 e. The predicted octanol–water partition coefficient (Wildman–Crippen LogP) is 3.96. The van der Waals surface area contributed by atoms with Gasteiger partial charge in [-0.1, -0.05) is 0 Å². The molecule has 0 radical (unpaired) electrons. The monoisotopic (exact) mass is 427 g/mol. The summed E-state index contributed by atoms with van der Waals surface area (Å²) in [6, 6.07) is 5.81. The molecule has 0 unspecified atom stereocenters. The maximum absolute atomic E-state index is 13.1. The molecule has 0 aliphatic carbocycles. The second kappa shape index (κ2) is 8.40. The minimum atomic E-state index is -0.326. The fourth-order valence-electron chi connectivity index (χ4n) is 4.20. The quantitative estimate of drug-likeness (QED) is 0.579. The number of rotatable bonds is 5. The molecule has 3 aromatic rings. The van der Waals surface area contributed by atoms with Crippen LogP contribution in [0.15, 0.2) is 29.1 Å². The van der Waals surface area contributed by atoms with Crippen LogP contribution in [-0.2, 0) is 6.42 Å². The van der Waals surface area contributed by atoms with Crippen LogP contribution in [-0.4, -0.2) is 39.7 Å². The molecule has 0 atom stereocenters. The minimum Gasteiger partial charge on any atom is -0.303 e. The van der Waals surface area contributed by atoms with E-state index in [-0.39, 0.29) is 23.1 Å². The third-order valence-corrected chi connectivity index (χ3v) is 7.27. The number of piperidine rings is 1. The molecule has 0 saturated carbocycles. The molecular formula is C23H26FN3O2S. The Morgan fingerprint density at radius 2 is 1.83 bits per heavy atom. The van der Waals surface area contributed by atoms with Crippen LogP contribution in [0.5, 0.6) is 0 Å². The molecule has 5 nitrogen and oxygen atoms in total. The Morgan fingerprint density at radius 3 is 2.50 bits per heavy atom. The second-order valence-electron chi connectivity index (χ2n) is 8.08. The summed E-state index contributed by atoms with van der Waals surface area (Å²) in [4.78, 5) is 34.5. The van der Waals surface area contributed by atoms with E-state index in [9.17, 15) is 14.0 Å². The van der Waals surface area contributed by atoms with Gasteiger partial charge in [-0.25, -0.2) is 9.37 Å². The van der Waals surface area contributed by atoms with Gasteiger partial charge in [-0.3, -0.25) is 14.0 Å². The molecule has 0 N–H and O–H groups in total. The number of hydrogen-bond acceptors (Lipinski definition) is 5. The Kier molecular flexibility index (Phi) is 5.84. The highest BCUT2D eigenvalue weighted by Gasteiger charge is 2.26. The van der Waals surface area contributed by atoms with Gasteiger partial charge < -0.3 is 4.90 Å². The number of likely N-dealkylation sites (tertiary alicyclic amines) is 1. The lowest BCUT2D eigenvalue weighted by Crippen LogP contribution is -2.38. The van der Waals surface area contributed by atoms with E-state index in [0.717, 1.165) is 59.3 Å². The molecule has 0 bridgehead atoms. The van der Waals surface area contributed by atoms with E-state index in [1.165, 1.54) is 12.1 Å². The first-order chi connectivity index (χ1) is 14.3. The number of carbonyl (C=O) groups is 1. The third kappa shape index (κ3) is 3.96. The fourth-order valence-corrected chi connectivity index (χ4v) is 5.20. The number of thiazole rings is 1. The van der Waals surface area contributed by atoms with E-state index < -0.39 is 0 Å². The van der Waals surface area contributed by atoms with E-state index in [4.69, 9.17) is 0 Å². The molecule has 0 amide bonds. The van der Waals surface area contributed by atoms with E-state index in [0.29, 0.717) is 12.0 Å². The van der Waals surface area contributed by atoms with Gasteiger partial charge in [0.05, 0.1) is 0 Å². The molecule has 30 heavy (non-hydrogen) atoms. The summed E-state index contributed by atoms with van der Waals surface area (Å²) in [6.07, 6.45) is 2.23. The number of carbonyl (C=O) groups excluding carboxylic acids is 1. The molecule has 1 fully saturated rings. The number of ketones is 1. The second-order valence-corrected chi connectivity index (χ2v) is 9.26. The molecule has 0 spiro atoms. The van der Waals surface area contributed by atoms with Crippen molar-refractivity contribution >= 4 is 22.1 Å². The number of aryl methyl sites for hydroxylation is 3. The predicted molar refractivity (Wildman–Crippen MR) is 117 cm³/mol. The lowest BCUT2D eigenvalue weighted by atomic mass is 9.89. The van der Waals surface area contributed by atoms with Gasteiger partial charge >= 0.3 is 0 Å². The van der Waals surface area contributed by atoms with Crippen molar-refractivity contribution < 1.29 is 9.18 Å². The van der Waals surface area contributed by atoms with E-state index in [2.05, 4.69) is 9.88 Å². The molecule has 158 valence electrons. The lowest BCUT2D eigenvalue weighted by Gasteiger charge is -2.31. The number of halogens is 1. The zero-order valence-corrected chi connectivity index (χ0v) is 18.4. The lowest BCUT2D eigenvalue weighted by molar-refractivity contribution is 0.0841. The van der Waals surface area contributed by atoms with Crippen molar-refractivity contribution in [3.63, 3.8) is 0 Å². The maximum atomic E-state index is 13.1.